The minimum atomic E-state index is -1.20. The summed E-state index contributed by atoms with van der Waals surface area (Å²) in [6.45, 7) is 0. The summed E-state index contributed by atoms with van der Waals surface area (Å²) in [5.41, 5.74) is 0. The van der Waals surface area contributed by atoms with E-state index in [9.17, 15) is 9.59 Å². The number of aldehydes is 1. The Morgan fingerprint density at radius 3 is 2.64 bits per heavy atom. The zero-order valence-electron chi connectivity index (χ0n) is 5.20. The maximum Gasteiger partial charge on any atom is 0.373 e. The highest BCUT2D eigenvalue weighted by atomic mass is 79.9. The Morgan fingerprint density at radius 2 is 2.36 bits per heavy atom. The third-order valence-electron chi connectivity index (χ3n) is 1.02. The molecule has 0 radical (unpaired) electrons. The van der Waals surface area contributed by atoms with Crippen LogP contribution in [-0.4, -0.2) is 17.4 Å². The number of carbonyl (C=O) groups excluding carboxylic acids is 1. The zero-order chi connectivity index (χ0) is 8.43. The highest BCUT2D eigenvalue weighted by Gasteiger charge is 2.14. The molecule has 0 bridgehead atoms. The van der Waals surface area contributed by atoms with E-state index in [0.29, 0.717) is 6.29 Å². The minimum absolute atomic E-state index is 0.00530. The molecule has 1 rings (SSSR count). The molecule has 0 aliphatic heterocycles. The number of rotatable bonds is 2. The third kappa shape index (κ3) is 1.48. The van der Waals surface area contributed by atoms with Gasteiger partial charge in [0.25, 0.3) is 0 Å². The number of furan rings is 1. The van der Waals surface area contributed by atoms with Crippen molar-refractivity contribution < 1.29 is 19.1 Å². The maximum atomic E-state index is 10.3. The Kier molecular flexibility index (Phi) is 2.09. The van der Waals surface area contributed by atoms with Crippen LogP contribution in [0.15, 0.2) is 15.0 Å². The van der Waals surface area contributed by atoms with Crippen LogP contribution in [-0.2, 0) is 0 Å². The first-order chi connectivity index (χ1) is 5.15. The number of carboxylic acid groups (broad SMARTS) is 1. The average molecular weight is 219 g/mol. The summed E-state index contributed by atoms with van der Waals surface area (Å²) in [4.78, 5) is 20.4. The van der Waals surface area contributed by atoms with Crippen LogP contribution in [0.3, 0.4) is 0 Å². The second kappa shape index (κ2) is 2.87. The molecule has 0 amide bonds. The molecule has 0 aliphatic carbocycles. The van der Waals surface area contributed by atoms with Crippen molar-refractivity contribution in [2.75, 3.05) is 0 Å². The van der Waals surface area contributed by atoms with Gasteiger partial charge >= 0.3 is 5.97 Å². The predicted octanol–water partition coefficient (Wildman–Crippen LogP) is 1.55. The van der Waals surface area contributed by atoms with Crippen LogP contribution >= 0.6 is 15.9 Å². The van der Waals surface area contributed by atoms with Crippen LogP contribution in [0.2, 0.25) is 0 Å². The SMILES string of the molecule is O=Cc1cc(Br)c(C(=O)O)o1. The largest absolute Gasteiger partial charge is 0.475 e. The molecule has 0 unspecified atom stereocenters. The first kappa shape index (κ1) is 8.00. The lowest BCUT2D eigenvalue weighted by molar-refractivity contribution is 0.0659. The second-order valence-electron chi connectivity index (χ2n) is 1.75. The van der Waals surface area contributed by atoms with E-state index in [1.807, 2.05) is 0 Å². The molecule has 1 N–H and O–H groups in total. The van der Waals surface area contributed by atoms with E-state index >= 15 is 0 Å². The summed E-state index contributed by atoms with van der Waals surface area (Å²) in [5.74, 6) is -1.47. The lowest BCUT2D eigenvalue weighted by atomic mass is 10.4. The highest BCUT2D eigenvalue weighted by molar-refractivity contribution is 9.10. The van der Waals surface area contributed by atoms with Crippen molar-refractivity contribution in [3.05, 3.63) is 22.1 Å². The molecule has 0 saturated carbocycles. The number of carboxylic acids is 1. The predicted molar refractivity (Wildman–Crippen MR) is 38.8 cm³/mol. The second-order valence-corrected chi connectivity index (χ2v) is 2.60. The summed E-state index contributed by atoms with van der Waals surface area (Å²) in [6, 6.07) is 1.30. The molecule has 0 spiro atoms. The molecular weight excluding hydrogens is 216 g/mol. The molecule has 1 aromatic rings. The van der Waals surface area contributed by atoms with Crippen LogP contribution < -0.4 is 0 Å². The van der Waals surface area contributed by atoms with Crippen molar-refractivity contribution >= 4 is 28.2 Å². The van der Waals surface area contributed by atoms with Crippen molar-refractivity contribution in [2.45, 2.75) is 0 Å². The van der Waals surface area contributed by atoms with Crippen LogP contribution in [0.5, 0.6) is 0 Å². The fourth-order valence-electron chi connectivity index (χ4n) is 0.590. The van der Waals surface area contributed by atoms with E-state index in [1.54, 1.807) is 0 Å². The van der Waals surface area contributed by atoms with E-state index in [0.717, 1.165) is 0 Å². The van der Waals surface area contributed by atoms with Gasteiger partial charge in [-0.05, 0) is 15.9 Å². The van der Waals surface area contributed by atoms with Crippen LogP contribution in [0, 0.1) is 0 Å². The Labute approximate surface area is 69.9 Å². The van der Waals surface area contributed by atoms with Gasteiger partial charge in [0.2, 0.25) is 5.76 Å². The average Bonchev–Trinajstić information content (AvgIpc) is 2.30. The Morgan fingerprint density at radius 1 is 1.73 bits per heavy atom. The number of carbonyl (C=O) groups is 2. The van der Waals surface area contributed by atoms with E-state index < -0.39 is 5.97 Å². The number of aromatic carboxylic acids is 1. The summed E-state index contributed by atoms with van der Waals surface area (Å²) < 4.78 is 4.88. The van der Waals surface area contributed by atoms with Crippen molar-refractivity contribution in [1.82, 2.24) is 0 Å². The Balaban J connectivity index is 3.16. The van der Waals surface area contributed by atoms with E-state index in [-0.39, 0.29) is 16.0 Å². The molecule has 1 heterocycles. The minimum Gasteiger partial charge on any atom is -0.475 e. The van der Waals surface area contributed by atoms with Crippen LogP contribution in [0.1, 0.15) is 21.1 Å². The zero-order valence-corrected chi connectivity index (χ0v) is 6.79. The van der Waals surface area contributed by atoms with Gasteiger partial charge in [-0.1, -0.05) is 0 Å². The summed E-state index contributed by atoms with van der Waals surface area (Å²) in [7, 11) is 0. The molecule has 58 valence electrons. The Bertz CT molecular complexity index is 302. The first-order valence-corrected chi connectivity index (χ1v) is 3.42. The van der Waals surface area contributed by atoms with Gasteiger partial charge in [-0.15, -0.1) is 0 Å². The standard InChI is InChI=1S/C6H3BrO4/c7-4-1-3(2-8)11-5(4)6(9)10/h1-2H,(H,9,10). The fourth-order valence-corrected chi connectivity index (χ4v) is 1.07. The Hall–Kier alpha value is -1.10. The van der Waals surface area contributed by atoms with Crippen molar-refractivity contribution in [1.29, 1.82) is 0 Å². The summed E-state index contributed by atoms with van der Waals surface area (Å²) >= 11 is 2.93. The summed E-state index contributed by atoms with van der Waals surface area (Å²) in [6.07, 6.45) is 0.442. The van der Waals surface area contributed by atoms with Gasteiger partial charge in [-0.3, -0.25) is 4.79 Å². The van der Waals surface area contributed by atoms with Gasteiger partial charge < -0.3 is 9.52 Å². The smallest absolute Gasteiger partial charge is 0.373 e. The molecule has 4 nitrogen and oxygen atoms in total. The van der Waals surface area contributed by atoms with Gasteiger partial charge in [-0.2, -0.15) is 0 Å². The molecule has 11 heavy (non-hydrogen) atoms. The number of hydrogen-bond acceptors (Lipinski definition) is 3. The van der Waals surface area contributed by atoms with Crippen LogP contribution in [0.25, 0.3) is 0 Å². The number of hydrogen-bond donors (Lipinski definition) is 1. The molecule has 0 aliphatic rings. The quantitative estimate of drug-likeness (QED) is 0.766. The van der Waals surface area contributed by atoms with E-state index in [2.05, 4.69) is 20.3 Å². The van der Waals surface area contributed by atoms with Crippen molar-refractivity contribution in [3.8, 4) is 0 Å². The van der Waals surface area contributed by atoms with Crippen molar-refractivity contribution in [3.63, 3.8) is 0 Å². The van der Waals surface area contributed by atoms with Gasteiger partial charge in [0, 0.05) is 6.07 Å². The first-order valence-electron chi connectivity index (χ1n) is 2.63. The monoisotopic (exact) mass is 218 g/mol. The van der Waals surface area contributed by atoms with E-state index in [1.165, 1.54) is 6.07 Å². The van der Waals surface area contributed by atoms with Gasteiger partial charge in [0.05, 0.1) is 4.47 Å². The number of halogens is 1. The maximum absolute atomic E-state index is 10.3. The van der Waals surface area contributed by atoms with Gasteiger partial charge in [0.1, 0.15) is 0 Å². The lowest BCUT2D eigenvalue weighted by Crippen LogP contribution is -1.93. The lowest BCUT2D eigenvalue weighted by Gasteiger charge is -1.84. The van der Waals surface area contributed by atoms with Crippen molar-refractivity contribution in [2.24, 2.45) is 0 Å². The highest BCUT2D eigenvalue weighted by Crippen LogP contribution is 2.20. The fraction of sp³-hybridized carbons (Fsp3) is 0. The molecule has 1 aromatic heterocycles. The molecule has 0 atom stereocenters. The third-order valence-corrected chi connectivity index (χ3v) is 1.61. The van der Waals surface area contributed by atoms with E-state index in [4.69, 9.17) is 5.11 Å². The molecule has 0 fully saturated rings. The summed E-state index contributed by atoms with van der Waals surface area (Å²) in [5, 5.41) is 8.43. The molecule has 5 heteroatoms. The molecular formula is C6H3BrO4. The normalized spacial score (nSPS) is 9.55. The van der Waals surface area contributed by atoms with Gasteiger partial charge in [-0.25, -0.2) is 4.79 Å². The van der Waals surface area contributed by atoms with Gasteiger partial charge in [0.15, 0.2) is 12.0 Å². The molecule has 0 saturated heterocycles. The topological polar surface area (TPSA) is 67.5 Å². The van der Waals surface area contributed by atoms with Crippen LogP contribution in [0.4, 0.5) is 0 Å². The molecule has 0 aromatic carbocycles.